The van der Waals surface area contributed by atoms with Gasteiger partial charge in [0.2, 0.25) is 5.91 Å². The number of rotatable bonds is 4. The lowest BCUT2D eigenvalue weighted by molar-refractivity contribution is -0.116. The Morgan fingerprint density at radius 3 is 2.47 bits per heavy atom. The molecule has 0 fully saturated rings. The molecular weight excluding hydrogens is 405 g/mol. The molecule has 1 aliphatic rings. The molecule has 4 rings (SSSR count). The van der Waals surface area contributed by atoms with E-state index >= 15 is 0 Å². The quantitative estimate of drug-likeness (QED) is 0.697. The number of nitrogens with zero attached hydrogens (tertiary/aromatic N) is 2. The molecule has 0 radical (unpaired) electrons. The molecule has 0 aliphatic carbocycles. The second-order valence-electron chi connectivity index (χ2n) is 6.81. The molecule has 8 heteroatoms. The largest absolute Gasteiger partial charge is 0.324 e. The fourth-order valence-electron chi connectivity index (χ4n) is 3.14. The first-order valence-electron chi connectivity index (χ1n) is 9.18. The lowest BCUT2D eigenvalue weighted by Crippen LogP contribution is -2.38. The van der Waals surface area contributed by atoms with Crippen LogP contribution in [0.4, 0.5) is 10.1 Å². The minimum absolute atomic E-state index is 0.0769. The molecule has 1 heterocycles. The van der Waals surface area contributed by atoms with Crippen molar-refractivity contribution in [2.24, 2.45) is 5.10 Å². The molecule has 0 aromatic heterocycles. The highest BCUT2D eigenvalue weighted by Gasteiger charge is 2.34. The number of aryl methyl sites for hydroxylation is 1. The predicted molar refractivity (Wildman–Crippen MR) is 112 cm³/mol. The van der Waals surface area contributed by atoms with Gasteiger partial charge in [0, 0.05) is 16.8 Å². The summed E-state index contributed by atoms with van der Waals surface area (Å²) >= 11 is 0. The molecule has 1 amide bonds. The van der Waals surface area contributed by atoms with Crippen molar-refractivity contribution in [2.75, 3.05) is 11.9 Å². The van der Waals surface area contributed by atoms with E-state index in [1.807, 2.05) is 30.3 Å². The molecule has 3 aromatic carbocycles. The highest BCUT2D eigenvalue weighted by molar-refractivity contribution is 7.89. The molecule has 0 bridgehead atoms. The molecule has 1 N–H and O–H groups in total. The summed E-state index contributed by atoms with van der Waals surface area (Å²) in [5, 5.41) is 6.81. The smallest absolute Gasteiger partial charge is 0.280 e. The third-order valence-electron chi connectivity index (χ3n) is 4.69. The number of halogens is 1. The summed E-state index contributed by atoms with van der Waals surface area (Å²) in [4.78, 5) is 12.6. The lowest BCUT2D eigenvalue weighted by atomic mass is 10.0. The summed E-state index contributed by atoms with van der Waals surface area (Å²) in [5.74, 6) is -1.09. The van der Waals surface area contributed by atoms with Gasteiger partial charge in [0.25, 0.3) is 10.0 Å². The standard InChI is InChI=1S/C22H18FN3O3S/c1-15-11-12-17(13-19(15)23)24-21(27)14-26-25-22(16-7-3-2-4-8-16)18-9-5-6-10-20(18)30(26,28)29/h2-13H,14H2,1H3,(H,24,27). The Morgan fingerprint density at radius 2 is 1.73 bits per heavy atom. The highest BCUT2D eigenvalue weighted by Crippen LogP contribution is 2.28. The molecular formula is C22H18FN3O3S. The summed E-state index contributed by atoms with van der Waals surface area (Å²) in [5.41, 5.74) is 2.34. The molecule has 0 atom stereocenters. The average molecular weight is 423 g/mol. The van der Waals surface area contributed by atoms with Gasteiger partial charge in [-0.2, -0.15) is 17.9 Å². The maximum Gasteiger partial charge on any atom is 0.280 e. The van der Waals surface area contributed by atoms with Crippen LogP contribution in [-0.4, -0.2) is 31.0 Å². The van der Waals surface area contributed by atoms with Crippen LogP contribution in [-0.2, 0) is 14.8 Å². The van der Waals surface area contributed by atoms with Crippen molar-refractivity contribution in [2.45, 2.75) is 11.8 Å². The summed E-state index contributed by atoms with van der Waals surface area (Å²) in [6.07, 6.45) is 0. The van der Waals surface area contributed by atoms with Crippen LogP contribution in [0.3, 0.4) is 0 Å². The van der Waals surface area contributed by atoms with E-state index in [1.54, 1.807) is 31.2 Å². The minimum Gasteiger partial charge on any atom is -0.324 e. The van der Waals surface area contributed by atoms with Crippen molar-refractivity contribution in [3.63, 3.8) is 0 Å². The van der Waals surface area contributed by atoms with E-state index in [2.05, 4.69) is 10.4 Å². The maximum absolute atomic E-state index is 13.7. The third-order valence-corrected chi connectivity index (χ3v) is 6.37. The zero-order valence-electron chi connectivity index (χ0n) is 16.0. The predicted octanol–water partition coefficient (Wildman–Crippen LogP) is 3.53. The van der Waals surface area contributed by atoms with E-state index in [1.165, 1.54) is 18.2 Å². The van der Waals surface area contributed by atoms with Gasteiger partial charge < -0.3 is 5.32 Å². The first kappa shape index (κ1) is 19.8. The first-order valence-corrected chi connectivity index (χ1v) is 10.6. The van der Waals surface area contributed by atoms with Gasteiger partial charge in [-0.1, -0.05) is 54.6 Å². The second kappa shape index (κ2) is 7.72. The van der Waals surface area contributed by atoms with Gasteiger partial charge in [0.15, 0.2) is 0 Å². The Bertz CT molecular complexity index is 1260. The zero-order valence-corrected chi connectivity index (χ0v) is 16.9. The van der Waals surface area contributed by atoms with Gasteiger partial charge >= 0.3 is 0 Å². The monoisotopic (exact) mass is 423 g/mol. The van der Waals surface area contributed by atoms with Gasteiger partial charge in [-0.15, -0.1) is 0 Å². The van der Waals surface area contributed by atoms with Crippen molar-refractivity contribution >= 4 is 27.3 Å². The summed E-state index contributed by atoms with van der Waals surface area (Å²) in [6.45, 7) is 1.07. The van der Waals surface area contributed by atoms with Crippen molar-refractivity contribution in [1.82, 2.24) is 4.41 Å². The summed E-state index contributed by atoms with van der Waals surface area (Å²) in [7, 11) is -4.02. The molecule has 0 saturated carbocycles. The molecule has 0 saturated heterocycles. The van der Waals surface area contributed by atoms with Crippen molar-refractivity contribution < 1.29 is 17.6 Å². The van der Waals surface area contributed by atoms with Crippen molar-refractivity contribution in [3.8, 4) is 0 Å². The fraction of sp³-hybridized carbons (Fsp3) is 0.0909. The van der Waals surface area contributed by atoms with Gasteiger partial charge in [0.05, 0.1) is 4.90 Å². The number of fused-ring (bicyclic) bond motifs is 1. The van der Waals surface area contributed by atoms with Crippen molar-refractivity contribution in [1.29, 1.82) is 0 Å². The van der Waals surface area contributed by atoms with Crippen LogP contribution < -0.4 is 5.32 Å². The average Bonchev–Trinajstić information content (AvgIpc) is 2.73. The SMILES string of the molecule is Cc1ccc(NC(=O)CN2N=C(c3ccccc3)c3ccccc3S2(=O)=O)cc1F. The molecule has 3 aromatic rings. The minimum atomic E-state index is -4.02. The van der Waals surface area contributed by atoms with Crippen molar-refractivity contribution in [3.05, 3.63) is 95.3 Å². The maximum atomic E-state index is 13.7. The van der Waals surface area contributed by atoms with Crippen LogP contribution in [0.25, 0.3) is 0 Å². The Morgan fingerprint density at radius 1 is 1.03 bits per heavy atom. The van der Waals surface area contributed by atoms with E-state index in [4.69, 9.17) is 0 Å². The molecule has 152 valence electrons. The zero-order chi connectivity index (χ0) is 21.3. The summed E-state index contributed by atoms with van der Waals surface area (Å²) < 4.78 is 40.6. The van der Waals surface area contributed by atoms with Crippen LogP contribution in [0.1, 0.15) is 16.7 Å². The number of carbonyl (C=O) groups excluding carboxylic acids is 1. The Labute approximate surface area is 173 Å². The number of anilines is 1. The number of benzene rings is 3. The molecule has 6 nitrogen and oxygen atoms in total. The topological polar surface area (TPSA) is 78.8 Å². The Hall–Kier alpha value is -3.52. The van der Waals surface area contributed by atoms with Crippen LogP contribution in [0.2, 0.25) is 0 Å². The normalized spacial score (nSPS) is 14.6. The van der Waals surface area contributed by atoms with E-state index in [-0.39, 0.29) is 10.6 Å². The number of carbonyl (C=O) groups is 1. The third kappa shape index (κ3) is 3.69. The molecule has 0 spiro atoms. The number of sulfonamides is 1. The van der Waals surface area contributed by atoms with Crippen LogP contribution in [0.15, 0.2) is 82.8 Å². The van der Waals surface area contributed by atoms with E-state index in [0.29, 0.717) is 16.8 Å². The number of hydrazone groups is 1. The second-order valence-corrected chi connectivity index (χ2v) is 8.62. The van der Waals surface area contributed by atoms with Gasteiger partial charge in [0.1, 0.15) is 18.1 Å². The number of nitrogens with one attached hydrogen (secondary N) is 1. The Kier molecular flexibility index (Phi) is 5.09. The molecule has 30 heavy (non-hydrogen) atoms. The van der Waals surface area contributed by atoms with Gasteiger partial charge in [-0.05, 0) is 30.7 Å². The summed E-state index contributed by atoms with van der Waals surface area (Å²) in [6, 6.07) is 19.9. The van der Waals surface area contributed by atoms with Crippen LogP contribution in [0, 0.1) is 12.7 Å². The van der Waals surface area contributed by atoms with Crippen LogP contribution in [0.5, 0.6) is 0 Å². The molecule has 0 unspecified atom stereocenters. The van der Waals surface area contributed by atoms with E-state index in [9.17, 15) is 17.6 Å². The first-order chi connectivity index (χ1) is 14.4. The number of hydrogen-bond acceptors (Lipinski definition) is 4. The van der Waals surface area contributed by atoms with E-state index in [0.717, 1.165) is 9.98 Å². The number of hydrogen-bond donors (Lipinski definition) is 1. The number of amides is 1. The highest BCUT2D eigenvalue weighted by atomic mass is 32.2. The molecule has 1 aliphatic heterocycles. The van der Waals surface area contributed by atoms with Gasteiger partial charge in [-0.3, -0.25) is 4.79 Å². The Balaban J connectivity index is 1.68. The van der Waals surface area contributed by atoms with E-state index < -0.39 is 28.3 Å². The van der Waals surface area contributed by atoms with Gasteiger partial charge in [-0.25, -0.2) is 4.39 Å². The lowest BCUT2D eigenvalue weighted by Gasteiger charge is -2.26. The van der Waals surface area contributed by atoms with Crippen LogP contribution >= 0.6 is 0 Å². The fourth-order valence-corrected chi connectivity index (χ4v) is 4.54.